The molecule has 2 N–H and O–H groups in total. The van der Waals surface area contributed by atoms with Gasteiger partial charge in [-0.3, -0.25) is 0 Å². The number of halogens is 1. The van der Waals surface area contributed by atoms with Crippen molar-refractivity contribution in [2.24, 2.45) is 0 Å². The van der Waals surface area contributed by atoms with Crippen molar-refractivity contribution in [2.45, 2.75) is 6.54 Å². The van der Waals surface area contributed by atoms with Crippen LogP contribution in [0.25, 0.3) is 11.3 Å². The first-order valence-electron chi connectivity index (χ1n) is 5.75. The van der Waals surface area contributed by atoms with Gasteiger partial charge in [-0.15, -0.1) is 0 Å². The van der Waals surface area contributed by atoms with Crippen LogP contribution in [0, 0.1) is 0 Å². The average Bonchev–Trinajstić information content (AvgIpc) is 3.09. The number of aromatic nitrogens is 3. The molecule has 0 saturated heterocycles. The number of anilines is 1. The average molecular weight is 319 g/mol. The van der Waals surface area contributed by atoms with Crippen LogP contribution in [-0.4, -0.2) is 15.2 Å². The van der Waals surface area contributed by atoms with Gasteiger partial charge in [0, 0.05) is 10.0 Å². The first-order chi connectivity index (χ1) is 9.31. The maximum atomic E-state index is 5.77. The summed E-state index contributed by atoms with van der Waals surface area (Å²) in [6, 6.07) is 11.9. The molecule has 3 aromatic rings. The van der Waals surface area contributed by atoms with E-state index in [0.717, 1.165) is 21.6 Å². The fourth-order valence-corrected chi connectivity index (χ4v) is 1.97. The second-order valence-electron chi connectivity index (χ2n) is 3.96. The molecular weight excluding hydrogens is 308 g/mol. The Morgan fingerprint density at radius 3 is 2.74 bits per heavy atom. The van der Waals surface area contributed by atoms with Crippen LogP contribution in [0.3, 0.4) is 0 Å². The van der Waals surface area contributed by atoms with E-state index in [1.165, 1.54) is 6.33 Å². The molecule has 0 bridgehead atoms. The molecule has 0 aliphatic heterocycles. The first-order valence-corrected chi connectivity index (χ1v) is 6.54. The predicted molar refractivity (Wildman–Crippen MR) is 75.6 cm³/mol. The lowest BCUT2D eigenvalue weighted by Crippen LogP contribution is -1.99. The number of nitrogens with one attached hydrogen (secondary N) is 2. The summed E-state index contributed by atoms with van der Waals surface area (Å²) in [5, 5.41) is 9.58. The first kappa shape index (κ1) is 12.0. The quantitative estimate of drug-likeness (QED) is 0.773. The number of nitrogens with zero attached hydrogens (tertiary/aromatic N) is 2. The van der Waals surface area contributed by atoms with Crippen molar-refractivity contribution < 1.29 is 4.42 Å². The van der Waals surface area contributed by atoms with Crippen LogP contribution in [0.2, 0.25) is 0 Å². The molecule has 0 amide bonds. The number of aromatic amines is 1. The highest BCUT2D eigenvalue weighted by atomic mass is 79.9. The third-order valence-corrected chi connectivity index (χ3v) is 3.16. The highest BCUT2D eigenvalue weighted by Gasteiger charge is 2.05. The standard InChI is InChI=1S/C13H11BrN4O/c14-10-3-1-9(2-4-10)12-6-5-11(19-12)7-15-13-16-8-17-18-13/h1-6,8H,7H2,(H2,15,16,17,18). The highest BCUT2D eigenvalue weighted by molar-refractivity contribution is 9.10. The van der Waals surface area contributed by atoms with E-state index in [2.05, 4.69) is 36.4 Å². The van der Waals surface area contributed by atoms with Crippen LogP contribution in [-0.2, 0) is 6.54 Å². The summed E-state index contributed by atoms with van der Waals surface area (Å²) in [4.78, 5) is 3.98. The highest BCUT2D eigenvalue weighted by Crippen LogP contribution is 2.24. The van der Waals surface area contributed by atoms with Crippen molar-refractivity contribution in [3.8, 4) is 11.3 Å². The minimum atomic E-state index is 0.561. The summed E-state index contributed by atoms with van der Waals surface area (Å²) < 4.78 is 6.82. The molecule has 96 valence electrons. The summed E-state index contributed by atoms with van der Waals surface area (Å²) >= 11 is 3.41. The largest absolute Gasteiger partial charge is 0.459 e. The Hall–Kier alpha value is -2.08. The van der Waals surface area contributed by atoms with Gasteiger partial charge >= 0.3 is 0 Å². The monoisotopic (exact) mass is 318 g/mol. The second kappa shape index (κ2) is 5.27. The molecule has 5 nitrogen and oxygen atoms in total. The van der Waals surface area contributed by atoms with Gasteiger partial charge in [0.15, 0.2) is 0 Å². The van der Waals surface area contributed by atoms with Crippen molar-refractivity contribution in [1.82, 2.24) is 15.2 Å². The minimum Gasteiger partial charge on any atom is -0.459 e. The zero-order valence-electron chi connectivity index (χ0n) is 9.93. The Morgan fingerprint density at radius 2 is 2.00 bits per heavy atom. The van der Waals surface area contributed by atoms with E-state index >= 15 is 0 Å². The molecule has 0 aliphatic carbocycles. The molecule has 2 heterocycles. The van der Waals surface area contributed by atoms with E-state index in [9.17, 15) is 0 Å². The topological polar surface area (TPSA) is 66.7 Å². The predicted octanol–water partition coefficient (Wildman–Crippen LogP) is 3.44. The van der Waals surface area contributed by atoms with Gasteiger partial charge in [-0.1, -0.05) is 28.1 Å². The fourth-order valence-electron chi connectivity index (χ4n) is 1.70. The van der Waals surface area contributed by atoms with Crippen LogP contribution in [0.4, 0.5) is 5.95 Å². The van der Waals surface area contributed by atoms with E-state index in [0.29, 0.717) is 12.5 Å². The van der Waals surface area contributed by atoms with Gasteiger partial charge in [0.1, 0.15) is 17.8 Å². The van der Waals surface area contributed by atoms with E-state index in [4.69, 9.17) is 4.42 Å². The zero-order chi connectivity index (χ0) is 13.1. The molecule has 6 heteroatoms. The lowest BCUT2D eigenvalue weighted by Gasteiger charge is -1.99. The summed E-state index contributed by atoms with van der Waals surface area (Å²) in [7, 11) is 0. The molecule has 0 aliphatic rings. The molecule has 0 spiro atoms. The number of benzene rings is 1. The normalized spacial score (nSPS) is 10.6. The van der Waals surface area contributed by atoms with Gasteiger partial charge in [0.05, 0.1) is 6.54 Å². The van der Waals surface area contributed by atoms with Gasteiger partial charge in [-0.25, -0.2) is 10.1 Å². The van der Waals surface area contributed by atoms with Gasteiger partial charge in [-0.2, -0.15) is 5.10 Å². The van der Waals surface area contributed by atoms with Crippen molar-refractivity contribution >= 4 is 21.9 Å². The molecule has 0 unspecified atom stereocenters. The molecule has 0 atom stereocenters. The third-order valence-electron chi connectivity index (χ3n) is 2.64. The van der Waals surface area contributed by atoms with Crippen molar-refractivity contribution in [2.75, 3.05) is 5.32 Å². The lowest BCUT2D eigenvalue weighted by atomic mass is 10.2. The smallest absolute Gasteiger partial charge is 0.218 e. The Kier molecular flexibility index (Phi) is 3.33. The summed E-state index contributed by atoms with van der Waals surface area (Å²) in [6.45, 7) is 0.561. The van der Waals surface area contributed by atoms with Gasteiger partial charge in [-0.05, 0) is 24.3 Å². The van der Waals surface area contributed by atoms with E-state index in [-0.39, 0.29) is 0 Å². The van der Waals surface area contributed by atoms with Crippen molar-refractivity contribution in [3.63, 3.8) is 0 Å². The Balaban J connectivity index is 1.70. The van der Waals surface area contributed by atoms with Crippen LogP contribution in [0.5, 0.6) is 0 Å². The lowest BCUT2D eigenvalue weighted by molar-refractivity contribution is 0.531. The van der Waals surface area contributed by atoms with E-state index < -0.39 is 0 Å². The molecule has 1 aromatic carbocycles. The number of rotatable bonds is 4. The number of hydrogen-bond acceptors (Lipinski definition) is 4. The van der Waals surface area contributed by atoms with Crippen LogP contribution < -0.4 is 5.32 Å². The Morgan fingerprint density at radius 1 is 1.16 bits per heavy atom. The maximum absolute atomic E-state index is 5.77. The molecule has 2 aromatic heterocycles. The molecule has 0 radical (unpaired) electrons. The molecule has 3 rings (SSSR count). The fraction of sp³-hybridized carbons (Fsp3) is 0.0769. The number of H-pyrrole nitrogens is 1. The van der Waals surface area contributed by atoms with Gasteiger partial charge in [0.25, 0.3) is 0 Å². The number of furan rings is 1. The SMILES string of the molecule is Brc1ccc(-c2ccc(CNc3ncn[nH]3)o2)cc1. The van der Waals surface area contributed by atoms with Crippen LogP contribution in [0.15, 0.2) is 51.6 Å². The second-order valence-corrected chi connectivity index (χ2v) is 4.88. The summed E-state index contributed by atoms with van der Waals surface area (Å²) in [6.07, 6.45) is 1.46. The summed E-state index contributed by atoms with van der Waals surface area (Å²) in [5.41, 5.74) is 1.05. The Labute approximate surface area is 118 Å². The van der Waals surface area contributed by atoms with Gasteiger partial charge < -0.3 is 9.73 Å². The molecule has 0 saturated carbocycles. The van der Waals surface area contributed by atoms with E-state index in [1.807, 2.05) is 36.4 Å². The van der Waals surface area contributed by atoms with Crippen molar-refractivity contribution in [3.05, 3.63) is 53.0 Å². The summed E-state index contributed by atoms with van der Waals surface area (Å²) in [5.74, 6) is 2.32. The molecular formula is C13H11BrN4O. The van der Waals surface area contributed by atoms with Crippen molar-refractivity contribution in [1.29, 1.82) is 0 Å². The van der Waals surface area contributed by atoms with E-state index in [1.54, 1.807) is 0 Å². The Bertz CT molecular complexity index is 646. The van der Waals surface area contributed by atoms with Gasteiger partial charge in [0.2, 0.25) is 5.95 Å². The van der Waals surface area contributed by atoms with Crippen LogP contribution in [0.1, 0.15) is 5.76 Å². The zero-order valence-corrected chi connectivity index (χ0v) is 11.5. The molecule has 0 fully saturated rings. The maximum Gasteiger partial charge on any atom is 0.218 e. The third kappa shape index (κ3) is 2.85. The van der Waals surface area contributed by atoms with Crippen LogP contribution >= 0.6 is 15.9 Å². The number of hydrogen-bond donors (Lipinski definition) is 2. The molecule has 19 heavy (non-hydrogen) atoms. The minimum absolute atomic E-state index is 0.561.